The number of hydrogen-bond acceptors (Lipinski definition) is 5. The molecule has 0 spiro atoms. The van der Waals surface area contributed by atoms with Crippen molar-refractivity contribution in [3.8, 4) is 0 Å². The highest BCUT2D eigenvalue weighted by Gasteiger charge is 2.16. The average molecular weight is 354 g/mol. The van der Waals surface area contributed by atoms with E-state index in [-0.39, 0.29) is 23.9 Å². The van der Waals surface area contributed by atoms with Gasteiger partial charge in [0.05, 0.1) is 4.90 Å². The zero-order chi connectivity index (χ0) is 17.4. The molecule has 0 aliphatic carbocycles. The summed E-state index contributed by atoms with van der Waals surface area (Å²) in [4.78, 5) is 12.2. The molecule has 0 atom stereocenters. The van der Waals surface area contributed by atoms with E-state index in [0.29, 0.717) is 18.0 Å². The Labute approximate surface area is 143 Å². The van der Waals surface area contributed by atoms with Crippen LogP contribution in [-0.2, 0) is 14.8 Å². The van der Waals surface area contributed by atoms with Crippen molar-refractivity contribution in [2.45, 2.75) is 30.6 Å². The van der Waals surface area contributed by atoms with Crippen LogP contribution < -0.4 is 21.1 Å². The monoisotopic (exact) mass is 354 g/mol. The second-order valence-electron chi connectivity index (χ2n) is 5.99. The molecular formula is C16H26N4O3S. The van der Waals surface area contributed by atoms with E-state index in [1.165, 1.54) is 12.1 Å². The molecule has 0 aromatic heterocycles. The molecule has 1 fully saturated rings. The normalized spacial score (nSPS) is 16.0. The molecule has 0 radical (unpaired) electrons. The number of anilines is 1. The SMILES string of the molecule is NCCNS(=O)(=O)c1cccc(NC(=O)CCC2CCNCC2)c1. The summed E-state index contributed by atoms with van der Waals surface area (Å²) in [7, 11) is -3.60. The average Bonchev–Trinajstić information content (AvgIpc) is 2.59. The summed E-state index contributed by atoms with van der Waals surface area (Å²) >= 11 is 0. The number of nitrogens with one attached hydrogen (secondary N) is 3. The summed E-state index contributed by atoms with van der Waals surface area (Å²) in [6.07, 6.45) is 3.53. The fraction of sp³-hybridized carbons (Fsp3) is 0.562. The van der Waals surface area contributed by atoms with Crippen LogP contribution in [0, 0.1) is 5.92 Å². The number of benzene rings is 1. The molecule has 7 nitrogen and oxygen atoms in total. The Morgan fingerprint density at radius 3 is 2.75 bits per heavy atom. The smallest absolute Gasteiger partial charge is 0.240 e. The molecule has 5 N–H and O–H groups in total. The summed E-state index contributed by atoms with van der Waals surface area (Å²) in [5, 5.41) is 6.08. The Balaban J connectivity index is 1.90. The molecule has 1 heterocycles. The highest BCUT2D eigenvalue weighted by atomic mass is 32.2. The van der Waals surface area contributed by atoms with E-state index in [2.05, 4.69) is 15.4 Å². The predicted octanol–water partition coefficient (Wildman–Crippen LogP) is 0.642. The number of piperidine rings is 1. The molecule has 1 aromatic rings. The van der Waals surface area contributed by atoms with Crippen molar-refractivity contribution in [3.63, 3.8) is 0 Å². The molecule has 1 amide bonds. The van der Waals surface area contributed by atoms with Crippen LogP contribution in [0.15, 0.2) is 29.2 Å². The molecule has 1 aromatic carbocycles. The Hall–Kier alpha value is -1.48. The summed E-state index contributed by atoms with van der Waals surface area (Å²) in [6.45, 7) is 2.44. The van der Waals surface area contributed by atoms with Gasteiger partial charge in [-0.25, -0.2) is 13.1 Å². The van der Waals surface area contributed by atoms with Gasteiger partial charge in [-0.15, -0.1) is 0 Å². The number of sulfonamides is 1. The van der Waals surface area contributed by atoms with Gasteiger partial charge in [-0.2, -0.15) is 0 Å². The van der Waals surface area contributed by atoms with Crippen molar-refractivity contribution in [1.82, 2.24) is 10.0 Å². The highest BCUT2D eigenvalue weighted by molar-refractivity contribution is 7.89. The standard InChI is InChI=1S/C16H26N4O3S/c17-8-11-19-24(22,23)15-3-1-2-14(12-15)20-16(21)5-4-13-6-9-18-10-7-13/h1-3,12-13,18-19H,4-11,17H2,(H,20,21). The molecule has 0 saturated carbocycles. The molecule has 24 heavy (non-hydrogen) atoms. The Bertz CT molecular complexity index is 642. The van der Waals surface area contributed by atoms with Crippen molar-refractivity contribution < 1.29 is 13.2 Å². The van der Waals surface area contributed by atoms with Crippen LogP contribution in [0.3, 0.4) is 0 Å². The maximum atomic E-state index is 12.1. The minimum atomic E-state index is -3.60. The lowest BCUT2D eigenvalue weighted by Crippen LogP contribution is -2.29. The van der Waals surface area contributed by atoms with Crippen LogP contribution >= 0.6 is 0 Å². The Morgan fingerprint density at radius 1 is 1.29 bits per heavy atom. The lowest BCUT2D eigenvalue weighted by Gasteiger charge is -2.22. The molecule has 1 aliphatic rings. The summed E-state index contributed by atoms with van der Waals surface area (Å²) in [5.74, 6) is 0.502. The number of amides is 1. The van der Waals surface area contributed by atoms with E-state index < -0.39 is 10.0 Å². The molecule has 8 heteroatoms. The van der Waals surface area contributed by atoms with Gasteiger partial charge in [-0.3, -0.25) is 4.79 Å². The minimum absolute atomic E-state index is 0.0852. The van der Waals surface area contributed by atoms with E-state index >= 15 is 0 Å². The van der Waals surface area contributed by atoms with E-state index in [9.17, 15) is 13.2 Å². The zero-order valence-electron chi connectivity index (χ0n) is 13.8. The fourth-order valence-electron chi connectivity index (χ4n) is 2.75. The maximum absolute atomic E-state index is 12.1. The van der Waals surface area contributed by atoms with Gasteiger partial charge in [0.25, 0.3) is 0 Å². The first-order valence-corrected chi connectivity index (χ1v) is 9.80. The molecular weight excluding hydrogens is 328 g/mol. The number of carbonyl (C=O) groups excluding carboxylic acids is 1. The molecule has 134 valence electrons. The van der Waals surface area contributed by atoms with Crippen molar-refractivity contribution in [2.24, 2.45) is 11.7 Å². The molecule has 0 unspecified atom stereocenters. The van der Waals surface area contributed by atoms with Crippen LogP contribution in [-0.4, -0.2) is 40.5 Å². The lowest BCUT2D eigenvalue weighted by molar-refractivity contribution is -0.116. The minimum Gasteiger partial charge on any atom is -0.329 e. The molecule has 2 rings (SSSR count). The van der Waals surface area contributed by atoms with Crippen molar-refractivity contribution in [1.29, 1.82) is 0 Å². The number of rotatable bonds is 8. The van der Waals surface area contributed by atoms with Crippen molar-refractivity contribution >= 4 is 21.6 Å². The summed E-state index contributed by atoms with van der Waals surface area (Å²) < 4.78 is 26.6. The second-order valence-corrected chi connectivity index (χ2v) is 7.76. The van der Waals surface area contributed by atoms with Gasteiger partial charge in [0, 0.05) is 25.2 Å². The largest absolute Gasteiger partial charge is 0.329 e. The molecule has 1 saturated heterocycles. The Morgan fingerprint density at radius 2 is 2.04 bits per heavy atom. The van der Waals surface area contributed by atoms with Crippen LogP contribution in [0.1, 0.15) is 25.7 Å². The van der Waals surface area contributed by atoms with Gasteiger partial charge >= 0.3 is 0 Å². The topological polar surface area (TPSA) is 113 Å². The number of carbonyl (C=O) groups is 1. The maximum Gasteiger partial charge on any atom is 0.240 e. The van der Waals surface area contributed by atoms with Crippen LogP contribution in [0.4, 0.5) is 5.69 Å². The highest BCUT2D eigenvalue weighted by Crippen LogP contribution is 2.19. The molecule has 0 bridgehead atoms. The van der Waals surface area contributed by atoms with Crippen molar-refractivity contribution in [3.05, 3.63) is 24.3 Å². The van der Waals surface area contributed by atoms with Gasteiger partial charge in [0.2, 0.25) is 15.9 Å². The van der Waals surface area contributed by atoms with E-state index in [1.807, 2.05) is 0 Å². The van der Waals surface area contributed by atoms with Crippen LogP contribution in [0.2, 0.25) is 0 Å². The van der Waals surface area contributed by atoms with E-state index in [1.54, 1.807) is 12.1 Å². The third kappa shape index (κ3) is 5.86. The third-order valence-electron chi connectivity index (χ3n) is 4.10. The zero-order valence-corrected chi connectivity index (χ0v) is 14.6. The van der Waals surface area contributed by atoms with Crippen LogP contribution in [0.5, 0.6) is 0 Å². The quantitative estimate of drug-likeness (QED) is 0.547. The fourth-order valence-corrected chi connectivity index (χ4v) is 3.84. The van der Waals surface area contributed by atoms with Crippen molar-refractivity contribution in [2.75, 3.05) is 31.5 Å². The first-order chi connectivity index (χ1) is 11.5. The van der Waals surface area contributed by atoms with Gasteiger partial charge in [-0.1, -0.05) is 6.07 Å². The first-order valence-electron chi connectivity index (χ1n) is 8.31. The van der Waals surface area contributed by atoms with Gasteiger partial charge in [-0.05, 0) is 56.5 Å². The van der Waals surface area contributed by atoms with E-state index in [0.717, 1.165) is 32.4 Å². The predicted molar refractivity (Wildman–Crippen MR) is 94.1 cm³/mol. The summed E-state index contributed by atoms with van der Waals surface area (Å²) in [5.41, 5.74) is 5.80. The van der Waals surface area contributed by atoms with Gasteiger partial charge < -0.3 is 16.4 Å². The van der Waals surface area contributed by atoms with Crippen LogP contribution in [0.25, 0.3) is 0 Å². The Kier molecular flexibility index (Phi) is 7.16. The lowest BCUT2D eigenvalue weighted by atomic mass is 9.93. The van der Waals surface area contributed by atoms with E-state index in [4.69, 9.17) is 5.73 Å². The third-order valence-corrected chi connectivity index (χ3v) is 5.56. The number of nitrogens with two attached hydrogens (primary N) is 1. The van der Waals surface area contributed by atoms with Gasteiger partial charge in [0.15, 0.2) is 0 Å². The second kappa shape index (κ2) is 9.12. The molecule has 1 aliphatic heterocycles. The van der Waals surface area contributed by atoms with Gasteiger partial charge in [0.1, 0.15) is 0 Å². The first kappa shape index (κ1) is 18.9. The number of hydrogen-bond donors (Lipinski definition) is 4. The summed E-state index contributed by atoms with van der Waals surface area (Å²) in [6, 6.07) is 6.24.